The highest BCUT2D eigenvalue weighted by atomic mass is 16.6. The largest absolute Gasteiger partial charge is 0.461 e. The van der Waals surface area contributed by atoms with E-state index in [4.69, 9.17) is 14.6 Å². The molecule has 4 heterocycles. The van der Waals surface area contributed by atoms with E-state index in [1.807, 2.05) is 57.2 Å². The average Bonchev–Trinajstić information content (AvgIpc) is 3.16. The van der Waals surface area contributed by atoms with Crippen LogP contribution in [0.5, 0.6) is 0 Å². The van der Waals surface area contributed by atoms with Crippen LogP contribution in [-0.2, 0) is 23.9 Å². The lowest BCUT2D eigenvalue weighted by Gasteiger charge is -2.38. The van der Waals surface area contributed by atoms with Crippen LogP contribution in [0.1, 0.15) is 50.2 Å². The van der Waals surface area contributed by atoms with Gasteiger partial charge in [0.25, 0.3) is 5.91 Å². The number of rotatable bonds is 8. The Balaban J connectivity index is 1.60. The van der Waals surface area contributed by atoms with Crippen LogP contribution in [0.4, 0.5) is 5.69 Å². The normalized spacial score (nSPS) is 32.1. The van der Waals surface area contributed by atoms with Gasteiger partial charge in [0.2, 0.25) is 5.91 Å². The summed E-state index contributed by atoms with van der Waals surface area (Å²) in [6.07, 6.45) is 11.0. The van der Waals surface area contributed by atoms with Crippen LogP contribution in [0.3, 0.4) is 0 Å². The van der Waals surface area contributed by atoms with Gasteiger partial charge in [-0.1, -0.05) is 56.2 Å². The van der Waals surface area contributed by atoms with Gasteiger partial charge in [0.05, 0.1) is 5.92 Å². The molecule has 1 aromatic rings. The number of hydrogen-bond donors (Lipinski definition) is 1. The van der Waals surface area contributed by atoms with Crippen LogP contribution >= 0.6 is 0 Å². The number of aryl methyl sites for hydroxylation is 2. The smallest absolute Gasteiger partial charge is 0.313 e. The Morgan fingerprint density at radius 1 is 0.974 bits per heavy atom. The number of cyclic esters (lactones) is 1. The van der Waals surface area contributed by atoms with E-state index in [9.17, 15) is 14.4 Å². The molecule has 4 aliphatic rings. The third-order valence-corrected chi connectivity index (χ3v) is 8.71. The molecule has 0 radical (unpaired) electrons. The minimum atomic E-state index is -1.27. The van der Waals surface area contributed by atoms with E-state index in [0.29, 0.717) is 32.4 Å². The lowest BCUT2D eigenvalue weighted by Crippen LogP contribution is -2.56. The van der Waals surface area contributed by atoms with E-state index in [2.05, 4.69) is 0 Å². The first-order chi connectivity index (χ1) is 18.3. The molecule has 204 valence electrons. The molecular formula is C30H38N2O6. The highest BCUT2D eigenvalue weighted by Crippen LogP contribution is 2.58. The quantitative estimate of drug-likeness (QED) is 0.320. The first-order valence-electron chi connectivity index (χ1n) is 13.8. The van der Waals surface area contributed by atoms with Crippen molar-refractivity contribution in [3.05, 3.63) is 53.6 Å². The predicted molar refractivity (Wildman–Crippen MR) is 142 cm³/mol. The second-order valence-corrected chi connectivity index (χ2v) is 10.9. The van der Waals surface area contributed by atoms with Crippen LogP contribution in [0.2, 0.25) is 0 Å². The topological polar surface area (TPSA) is 96.4 Å². The molecule has 2 fully saturated rings. The van der Waals surface area contributed by atoms with Crippen molar-refractivity contribution in [1.82, 2.24) is 4.90 Å². The number of para-hydroxylation sites is 1. The standard InChI is InChI=1S/C30H38N2O6/c1-4-29-14-11-19-37-28(36)23(29)22-26(34)32(16-7-5-6-8-18-33)25-27(35)31(17-10-15-30(22,25)38-29)24-20(2)12-9-13-21(24)3/h9-15,22-23,25,33H,4-8,16-19H2,1-3H3/t22-,23-,25?,29+,30-/m0/s1. The van der Waals surface area contributed by atoms with Crippen molar-refractivity contribution in [2.45, 2.75) is 70.1 Å². The zero-order chi connectivity index (χ0) is 27.1. The summed E-state index contributed by atoms with van der Waals surface area (Å²) in [6, 6.07) is 5.04. The third-order valence-electron chi connectivity index (χ3n) is 8.71. The number of hydrogen-bond acceptors (Lipinski definition) is 6. The van der Waals surface area contributed by atoms with Gasteiger partial charge in [-0.15, -0.1) is 0 Å². The first kappa shape index (κ1) is 26.6. The third kappa shape index (κ3) is 4.00. The molecule has 1 aromatic carbocycles. The number of unbranched alkanes of at least 4 members (excludes halogenated alkanes) is 3. The van der Waals surface area contributed by atoms with Crippen molar-refractivity contribution in [3.8, 4) is 0 Å². The molecule has 5 atom stereocenters. The number of carbonyl (C=O) groups excluding carboxylic acids is 3. The fourth-order valence-corrected chi connectivity index (χ4v) is 7.02. The summed E-state index contributed by atoms with van der Waals surface area (Å²) in [5.74, 6) is -2.56. The second kappa shape index (κ2) is 10.3. The summed E-state index contributed by atoms with van der Waals surface area (Å²) in [7, 11) is 0. The molecule has 0 aliphatic carbocycles. The summed E-state index contributed by atoms with van der Waals surface area (Å²) in [4.78, 5) is 45.6. The van der Waals surface area contributed by atoms with Gasteiger partial charge in [0, 0.05) is 25.4 Å². The minimum Gasteiger partial charge on any atom is -0.461 e. The maximum Gasteiger partial charge on any atom is 0.313 e. The molecule has 2 saturated heterocycles. The van der Waals surface area contributed by atoms with Gasteiger partial charge in [-0.3, -0.25) is 14.4 Å². The van der Waals surface area contributed by atoms with Crippen molar-refractivity contribution in [2.75, 3.05) is 31.2 Å². The lowest BCUT2D eigenvalue weighted by molar-refractivity contribution is -0.157. The van der Waals surface area contributed by atoms with Gasteiger partial charge >= 0.3 is 5.97 Å². The number of ether oxygens (including phenoxy) is 2. The molecular weight excluding hydrogens is 484 g/mol. The molecule has 0 saturated carbocycles. The van der Waals surface area contributed by atoms with Crippen molar-refractivity contribution < 1.29 is 29.0 Å². The summed E-state index contributed by atoms with van der Waals surface area (Å²) >= 11 is 0. The number of fused-ring (bicyclic) bond motifs is 2. The SMILES string of the molecule is CC[C@@]12C=CCOC(=O)[C@@H]1[C@H]1C(=O)N(CCCCCCO)C3C(=O)N(c4c(C)cccc4C)CC=C[C@@]31O2. The zero-order valence-electron chi connectivity index (χ0n) is 22.5. The Kier molecular flexibility index (Phi) is 7.22. The minimum absolute atomic E-state index is 0.134. The molecule has 8 nitrogen and oxygen atoms in total. The molecule has 0 bridgehead atoms. The van der Waals surface area contributed by atoms with E-state index in [1.165, 1.54) is 0 Å². The fourth-order valence-electron chi connectivity index (χ4n) is 7.02. The molecule has 1 N–H and O–H groups in total. The van der Waals surface area contributed by atoms with Crippen molar-refractivity contribution >= 4 is 23.5 Å². The maximum atomic E-state index is 14.6. The molecule has 4 aliphatic heterocycles. The van der Waals surface area contributed by atoms with Crippen molar-refractivity contribution in [3.63, 3.8) is 0 Å². The number of aliphatic hydroxyl groups excluding tert-OH is 1. The van der Waals surface area contributed by atoms with E-state index in [1.54, 1.807) is 15.9 Å². The zero-order valence-corrected chi connectivity index (χ0v) is 22.5. The van der Waals surface area contributed by atoms with Gasteiger partial charge in [-0.2, -0.15) is 0 Å². The Hall–Kier alpha value is -2.97. The number of benzene rings is 1. The second-order valence-electron chi connectivity index (χ2n) is 10.9. The molecule has 0 aromatic heterocycles. The van der Waals surface area contributed by atoms with E-state index in [-0.39, 0.29) is 25.0 Å². The number of aliphatic hydroxyl groups is 1. The van der Waals surface area contributed by atoms with E-state index < -0.39 is 35.0 Å². The van der Waals surface area contributed by atoms with Crippen LogP contribution < -0.4 is 4.90 Å². The Morgan fingerprint density at radius 3 is 2.42 bits per heavy atom. The van der Waals surface area contributed by atoms with E-state index >= 15 is 0 Å². The predicted octanol–water partition coefficient (Wildman–Crippen LogP) is 3.23. The molecule has 38 heavy (non-hydrogen) atoms. The number of anilines is 1. The van der Waals surface area contributed by atoms with Gasteiger partial charge in [-0.25, -0.2) is 0 Å². The van der Waals surface area contributed by atoms with Crippen LogP contribution in [0.25, 0.3) is 0 Å². The molecule has 5 rings (SSSR count). The number of amides is 2. The lowest BCUT2D eigenvalue weighted by atomic mass is 9.73. The first-order valence-corrected chi connectivity index (χ1v) is 13.8. The number of esters is 1. The van der Waals surface area contributed by atoms with Crippen LogP contribution in [-0.4, -0.2) is 71.3 Å². The van der Waals surface area contributed by atoms with Gasteiger partial charge < -0.3 is 24.4 Å². The molecule has 1 unspecified atom stereocenters. The Morgan fingerprint density at radius 2 is 1.71 bits per heavy atom. The highest BCUT2D eigenvalue weighted by molar-refractivity contribution is 6.06. The molecule has 2 amide bonds. The molecule has 1 spiro atoms. The monoisotopic (exact) mass is 522 g/mol. The average molecular weight is 523 g/mol. The van der Waals surface area contributed by atoms with E-state index in [0.717, 1.165) is 29.7 Å². The van der Waals surface area contributed by atoms with Crippen LogP contribution in [0, 0.1) is 25.7 Å². The number of nitrogens with zero attached hydrogens (tertiary/aromatic N) is 2. The Bertz CT molecular complexity index is 1160. The number of carbonyl (C=O) groups is 3. The number of likely N-dealkylation sites (tertiary alicyclic amines) is 1. The summed E-state index contributed by atoms with van der Waals surface area (Å²) in [5.41, 5.74) is 0.514. The van der Waals surface area contributed by atoms with Crippen molar-refractivity contribution in [1.29, 1.82) is 0 Å². The summed E-state index contributed by atoms with van der Waals surface area (Å²) in [5, 5.41) is 9.15. The van der Waals surface area contributed by atoms with Crippen molar-refractivity contribution in [2.24, 2.45) is 11.8 Å². The molecule has 8 heteroatoms. The van der Waals surface area contributed by atoms with Crippen LogP contribution in [0.15, 0.2) is 42.5 Å². The maximum absolute atomic E-state index is 14.6. The van der Waals surface area contributed by atoms with Gasteiger partial charge in [0.1, 0.15) is 29.8 Å². The summed E-state index contributed by atoms with van der Waals surface area (Å²) in [6.45, 7) is 6.92. The van der Waals surface area contributed by atoms with Gasteiger partial charge in [-0.05, 0) is 50.3 Å². The van der Waals surface area contributed by atoms with Gasteiger partial charge in [0.15, 0.2) is 0 Å². The highest BCUT2D eigenvalue weighted by Gasteiger charge is 2.75. The Labute approximate surface area is 224 Å². The summed E-state index contributed by atoms with van der Waals surface area (Å²) < 4.78 is 12.4. The fraction of sp³-hybridized carbons (Fsp3) is 0.567.